The molecule has 1 N–H and O–H groups in total. The third-order valence-corrected chi connectivity index (χ3v) is 4.99. The summed E-state index contributed by atoms with van der Waals surface area (Å²) in [6.45, 7) is 5.45. The van der Waals surface area contributed by atoms with Gasteiger partial charge < -0.3 is 15.1 Å². The van der Waals surface area contributed by atoms with Gasteiger partial charge in [0, 0.05) is 38.1 Å². The summed E-state index contributed by atoms with van der Waals surface area (Å²) in [5, 5.41) is 14.8. The molecule has 1 aromatic heterocycles. The van der Waals surface area contributed by atoms with Gasteiger partial charge in [-0.25, -0.2) is 9.78 Å². The quantitative estimate of drug-likeness (QED) is 0.930. The first kappa shape index (κ1) is 16.3. The fraction of sp³-hybridized carbons (Fsp3) is 0.353. The molecule has 7 heteroatoms. The molecule has 24 heavy (non-hydrogen) atoms. The Morgan fingerprint density at radius 1 is 1.29 bits per heavy atom. The zero-order chi connectivity index (χ0) is 16.9. The van der Waals surface area contributed by atoms with E-state index in [0.29, 0.717) is 25.2 Å². The standard InChI is InChI=1S/C17H19N5OS/c1-13-12-24-17(20-13)22-8-6-21(7-9-22)16(23)19-11-15-4-2-14(10-18)3-5-15/h2-5,12H,6-9,11H2,1H3,(H,19,23). The molecular formula is C17H19N5OS. The number of anilines is 1. The highest BCUT2D eigenvalue weighted by molar-refractivity contribution is 7.13. The average Bonchev–Trinajstić information content (AvgIpc) is 3.06. The first-order valence-electron chi connectivity index (χ1n) is 7.84. The van der Waals surface area contributed by atoms with E-state index < -0.39 is 0 Å². The molecule has 0 aliphatic carbocycles. The Kier molecular flexibility index (Phi) is 4.96. The largest absolute Gasteiger partial charge is 0.345 e. The molecule has 2 heterocycles. The van der Waals surface area contributed by atoms with E-state index in [-0.39, 0.29) is 6.03 Å². The normalized spacial score (nSPS) is 14.3. The Bertz CT molecular complexity index is 741. The fourth-order valence-electron chi connectivity index (χ4n) is 2.57. The monoisotopic (exact) mass is 341 g/mol. The summed E-state index contributed by atoms with van der Waals surface area (Å²) in [5.41, 5.74) is 2.65. The lowest BCUT2D eigenvalue weighted by Crippen LogP contribution is -2.51. The van der Waals surface area contributed by atoms with Gasteiger partial charge >= 0.3 is 6.03 Å². The fourth-order valence-corrected chi connectivity index (χ4v) is 3.43. The summed E-state index contributed by atoms with van der Waals surface area (Å²) < 4.78 is 0. The Balaban J connectivity index is 1.47. The van der Waals surface area contributed by atoms with Crippen LogP contribution in [0.4, 0.5) is 9.93 Å². The van der Waals surface area contributed by atoms with Crippen LogP contribution in [-0.4, -0.2) is 42.1 Å². The van der Waals surface area contributed by atoms with Crippen molar-refractivity contribution in [2.24, 2.45) is 0 Å². The van der Waals surface area contributed by atoms with Gasteiger partial charge in [0.05, 0.1) is 17.3 Å². The lowest BCUT2D eigenvalue weighted by Gasteiger charge is -2.34. The van der Waals surface area contributed by atoms with E-state index in [9.17, 15) is 4.79 Å². The number of amides is 2. The van der Waals surface area contributed by atoms with E-state index in [1.54, 1.807) is 23.5 Å². The summed E-state index contributed by atoms with van der Waals surface area (Å²) in [5.74, 6) is 0. The van der Waals surface area contributed by atoms with Gasteiger partial charge in [0.25, 0.3) is 0 Å². The van der Waals surface area contributed by atoms with Crippen LogP contribution in [-0.2, 0) is 6.54 Å². The minimum atomic E-state index is -0.0469. The van der Waals surface area contributed by atoms with Gasteiger partial charge in [0.1, 0.15) is 0 Å². The highest BCUT2D eigenvalue weighted by Crippen LogP contribution is 2.21. The van der Waals surface area contributed by atoms with Crippen molar-refractivity contribution in [2.45, 2.75) is 13.5 Å². The second-order valence-corrected chi connectivity index (χ2v) is 6.55. The minimum absolute atomic E-state index is 0.0469. The van der Waals surface area contributed by atoms with Gasteiger partial charge in [-0.2, -0.15) is 5.26 Å². The molecule has 3 rings (SSSR count). The molecule has 0 spiro atoms. The van der Waals surface area contributed by atoms with Crippen LogP contribution in [0.1, 0.15) is 16.8 Å². The third-order valence-electron chi connectivity index (χ3n) is 3.97. The van der Waals surface area contributed by atoms with Crippen molar-refractivity contribution in [3.63, 3.8) is 0 Å². The van der Waals surface area contributed by atoms with Crippen molar-refractivity contribution in [1.29, 1.82) is 5.26 Å². The molecule has 1 aliphatic heterocycles. The van der Waals surface area contributed by atoms with E-state index in [4.69, 9.17) is 5.26 Å². The van der Waals surface area contributed by atoms with E-state index in [1.165, 1.54) is 0 Å². The molecule has 0 bridgehead atoms. The topological polar surface area (TPSA) is 72.3 Å². The van der Waals surface area contributed by atoms with E-state index in [1.807, 2.05) is 29.3 Å². The maximum Gasteiger partial charge on any atom is 0.317 e. The second-order valence-electron chi connectivity index (χ2n) is 5.71. The van der Waals surface area contributed by atoms with Crippen LogP contribution in [0, 0.1) is 18.3 Å². The number of benzene rings is 1. The van der Waals surface area contributed by atoms with Crippen LogP contribution in [0.3, 0.4) is 0 Å². The molecule has 1 saturated heterocycles. The van der Waals surface area contributed by atoms with Crippen LogP contribution < -0.4 is 10.2 Å². The Morgan fingerprint density at radius 3 is 2.58 bits per heavy atom. The van der Waals surface area contributed by atoms with Crippen molar-refractivity contribution < 1.29 is 4.79 Å². The number of thiazole rings is 1. The van der Waals surface area contributed by atoms with Gasteiger partial charge in [-0.15, -0.1) is 11.3 Å². The molecule has 0 radical (unpaired) electrons. The van der Waals surface area contributed by atoms with Gasteiger partial charge in [0.2, 0.25) is 0 Å². The number of hydrogen-bond donors (Lipinski definition) is 1. The number of rotatable bonds is 3. The van der Waals surface area contributed by atoms with E-state index >= 15 is 0 Å². The van der Waals surface area contributed by atoms with Crippen LogP contribution in [0.25, 0.3) is 0 Å². The molecule has 1 aromatic carbocycles. The van der Waals surface area contributed by atoms with Crippen LogP contribution in [0.2, 0.25) is 0 Å². The summed E-state index contributed by atoms with van der Waals surface area (Å²) in [6, 6.07) is 9.28. The molecule has 124 valence electrons. The highest BCUT2D eigenvalue weighted by atomic mass is 32.1. The minimum Gasteiger partial charge on any atom is -0.345 e. The van der Waals surface area contributed by atoms with Gasteiger partial charge in [-0.1, -0.05) is 12.1 Å². The average molecular weight is 341 g/mol. The van der Waals surface area contributed by atoms with E-state index in [2.05, 4.69) is 21.3 Å². The smallest absolute Gasteiger partial charge is 0.317 e. The number of nitriles is 1. The third kappa shape index (κ3) is 3.84. The number of nitrogens with zero attached hydrogens (tertiary/aromatic N) is 4. The number of carbonyl (C=O) groups is 1. The molecule has 1 aliphatic rings. The highest BCUT2D eigenvalue weighted by Gasteiger charge is 2.22. The van der Waals surface area contributed by atoms with Gasteiger partial charge in [-0.05, 0) is 24.6 Å². The number of carbonyl (C=O) groups excluding carboxylic acids is 1. The number of urea groups is 1. The lowest BCUT2D eigenvalue weighted by molar-refractivity contribution is 0.194. The Hall–Kier alpha value is -2.59. The molecule has 6 nitrogen and oxygen atoms in total. The molecule has 0 saturated carbocycles. The van der Waals surface area contributed by atoms with Crippen molar-refractivity contribution in [3.05, 3.63) is 46.5 Å². The van der Waals surface area contributed by atoms with Crippen molar-refractivity contribution in [2.75, 3.05) is 31.1 Å². The van der Waals surface area contributed by atoms with Crippen LogP contribution >= 0.6 is 11.3 Å². The Morgan fingerprint density at radius 2 is 2.00 bits per heavy atom. The predicted molar refractivity (Wildman–Crippen MR) is 94.0 cm³/mol. The van der Waals surface area contributed by atoms with E-state index in [0.717, 1.165) is 29.5 Å². The van der Waals surface area contributed by atoms with Gasteiger partial charge in [-0.3, -0.25) is 0 Å². The lowest BCUT2D eigenvalue weighted by atomic mass is 10.1. The van der Waals surface area contributed by atoms with Crippen LogP contribution in [0.15, 0.2) is 29.6 Å². The summed E-state index contributed by atoms with van der Waals surface area (Å²) >= 11 is 1.65. The number of aryl methyl sites for hydroxylation is 1. The summed E-state index contributed by atoms with van der Waals surface area (Å²) in [6.07, 6.45) is 0. The van der Waals surface area contributed by atoms with Crippen molar-refractivity contribution in [1.82, 2.24) is 15.2 Å². The number of nitrogens with one attached hydrogen (secondary N) is 1. The van der Waals surface area contributed by atoms with Crippen LogP contribution in [0.5, 0.6) is 0 Å². The number of hydrogen-bond acceptors (Lipinski definition) is 5. The van der Waals surface area contributed by atoms with Crippen molar-refractivity contribution >= 4 is 22.5 Å². The zero-order valence-electron chi connectivity index (χ0n) is 13.5. The number of aromatic nitrogens is 1. The zero-order valence-corrected chi connectivity index (χ0v) is 14.3. The molecular weight excluding hydrogens is 322 g/mol. The second kappa shape index (κ2) is 7.32. The molecule has 2 aromatic rings. The summed E-state index contributed by atoms with van der Waals surface area (Å²) in [7, 11) is 0. The summed E-state index contributed by atoms with van der Waals surface area (Å²) in [4.78, 5) is 20.8. The van der Waals surface area contributed by atoms with Crippen molar-refractivity contribution in [3.8, 4) is 6.07 Å². The first-order chi connectivity index (χ1) is 11.7. The maximum absolute atomic E-state index is 12.3. The SMILES string of the molecule is Cc1csc(N2CCN(C(=O)NCc3ccc(C#N)cc3)CC2)n1. The first-order valence-corrected chi connectivity index (χ1v) is 8.72. The molecule has 2 amide bonds. The van der Waals surface area contributed by atoms with Gasteiger partial charge in [0.15, 0.2) is 5.13 Å². The Labute approximate surface area is 145 Å². The molecule has 0 unspecified atom stereocenters. The number of piperazine rings is 1. The molecule has 0 atom stereocenters. The maximum atomic E-state index is 12.3. The predicted octanol–water partition coefficient (Wildman–Crippen LogP) is 2.36. The molecule has 1 fully saturated rings.